The van der Waals surface area contributed by atoms with Crippen LogP contribution in [0.15, 0.2) is 35.2 Å². The monoisotopic (exact) mass is 393 g/mol. The Hall–Kier alpha value is -3.18. The van der Waals surface area contributed by atoms with Crippen LogP contribution in [0.5, 0.6) is 11.5 Å². The molecule has 0 spiro atoms. The van der Waals surface area contributed by atoms with Gasteiger partial charge < -0.3 is 9.47 Å². The number of nitro benzene ring substituents is 1. The van der Waals surface area contributed by atoms with Gasteiger partial charge in [-0.1, -0.05) is 0 Å². The van der Waals surface area contributed by atoms with Crippen molar-refractivity contribution in [3.8, 4) is 11.5 Å². The average Bonchev–Trinajstić information content (AvgIpc) is 3.09. The Balaban J connectivity index is 1.81. The van der Waals surface area contributed by atoms with Crippen molar-refractivity contribution < 1.29 is 27.6 Å². The molecular weight excluding hydrogens is 378 g/mol. The van der Waals surface area contributed by atoms with Crippen LogP contribution in [0.4, 0.5) is 5.69 Å². The molecule has 3 rings (SSSR count). The van der Waals surface area contributed by atoms with Gasteiger partial charge in [0, 0.05) is 17.7 Å². The van der Waals surface area contributed by atoms with E-state index in [0.29, 0.717) is 22.6 Å². The first-order chi connectivity index (χ1) is 12.7. The lowest BCUT2D eigenvalue weighted by atomic mass is 10.1. The van der Waals surface area contributed by atoms with Crippen molar-refractivity contribution >= 4 is 21.6 Å². The molecule has 10 nitrogen and oxygen atoms in total. The summed E-state index contributed by atoms with van der Waals surface area (Å²) < 4.78 is 35.3. The Morgan fingerprint density at radius 3 is 2.56 bits per heavy atom. The number of hydrogen-bond donors (Lipinski definition) is 2. The molecule has 0 fully saturated rings. The maximum absolute atomic E-state index is 12.5. The first-order valence-corrected chi connectivity index (χ1v) is 9.15. The summed E-state index contributed by atoms with van der Waals surface area (Å²) >= 11 is 0. The molecule has 0 unspecified atom stereocenters. The van der Waals surface area contributed by atoms with Crippen LogP contribution in [0.3, 0.4) is 0 Å². The third-order valence-corrected chi connectivity index (χ3v) is 5.41. The number of nitrogens with zero attached hydrogens (tertiary/aromatic N) is 1. The highest BCUT2D eigenvalue weighted by molar-refractivity contribution is 7.89. The summed E-state index contributed by atoms with van der Waals surface area (Å²) in [7, 11) is -4.23. The molecule has 1 amide bonds. The number of aryl methyl sites for hydroxylation is 1. The number of nitro groups is 1. The second kappa shape index (κ2) is 6.85. The Morgan fingerprint density at radius 2 is 1.85 bits per heavy atom. The van der Waals surface area contributed by atoms with E-state index in [9.17, 15) is 23.3 Å². The van der Waals surface area contributed by atoms with Crippen LogP contribution in [0.2, 0.25) is 0 Å². The number of benzene rings is 2. The Bertz CT molecular complexity index is 1050. The van der Waals surface area contributed by atoms with E-state index in [1.54, 1.807) is 6.92 Å². The zero-order valence-corrected chi connectivity index (χ0v) is 15.1. The van der Waals surface area contributed by atoms with E-state index >= 15 is 0 Å². The number of rotatable bonds is 5. The second-order valence-electron chi connectivity index (χ2n) is 5.77. The third kappa shape index (κ3) is 3.68. The molecule has 2 N–H and O–H groups in total. The number of fused-ring (bicyclic) bond motifs is 1. The standard InChI is InChI=1S/C16H15N3O7S/c1-9-5-12(19(21)22)7-15(10(9)2)27(23,24)18-17-16(20)11-3-4-13-14(6-11)26-8-25-13/h3-7,18H,8H2,1-2H3,(H,17,20). The number of carbonyl (C=O) groups excluding carboxylic acids is 1. The summed E-state index contributed by atoms with van der Waals surface area (Å²) in [5.74, 6) is 0.127. The lowest BCUT2D eigenvalue weighted by Gasteiger charge is -2.12. The molecule has 27 heavy (non-hydrogen) atoms. The van der Waals surface area contributed by atoms with Gasteiger partial charge in [-0.15, -0.1) is 4.83 Å². The van der Waals surface area contributed by atoms with Crippen molar-refractivity contribution in [2.75, 3.05) is 6.79 Å². The van der Waals surface area contributed by atoms with Crippen LogP contribution in [-0.4, -0.2) is 26.0 Å². The van der Waals surface area contributed by atoms with Crippen LogP contribution in [0.1, 0.15) is 21.5 Å². The van der Waals surface area contributed by atoms with Crippen molar-refractivity contribution in [2.24, 2.45) is 0 Å². The molecule has 0 radical (unpaired) electrons. The number of nitrogens with one attached hydrogen (secondary N) is 2. The minimum absolute atomic E-state index is 0.0401. The number of carbonyl (C=O) groups is 1. The van der Waals surface area contributed by atoms with Gasteiger partial charge in [-0.3, -0.25) is 20.3 Å². The first-order valence-electron chi connectivity index (χ1n) is 7.66. The van der Waals surface area contributed by atoms with Gasteiger partial charge in [-0.05, 0) is 43.2 Å². The molecule has 0 bridgehead atoms. The van der Waals surface area contributed by atoms with Crippen molar-refractivity contribution in [1.82, 2.24) is 10.3 Å². The van der Waals surface area contributed by atoms with E-state index in [-0.39, 0.29) is 22.9 Å². The molecule has 11 heteroatoms. The van der Waals surface area contributed by atoms with Gasteiger partial charge in [0.15, 0.2) is 11.5 Å². The largest absolute Gasteiger partial charge is 0.454 e. The third-order valence-electron chi connectivity index (χ3n) is 4.04. The van der Waals surface area contributed by atoms with Gasteiger partial charge in [-0.2, -0.15) is 0 Å². The predicted molar refractivity (Wildman–Crippen MR) is 92.9 cm³/mol. The van der Waals surface area contributed by atoms with Crippen LogP contribution < -0.4 is 19.7 Å². The number of hydrazine groups is 1. The smallest absolute Gasteiger partial charge is 0.271 e. The highest BCUT2D eigenvalue weighted by Crippen LogP contribution is 2.32. The second-order valence-corrected chi connectivity index (χ2v) is 7.42. The number of hydrogen-bond acceptors (Lipinski definition) is 7. The molecule has 0 saturated carbocycles. The van der Waals surface area contributed by atoms with Gasteiger partial charge in [0.25, 0.3) is 21.6 Å². The van der Waals surface area contributed by atoms with Gasteiger partial charge >= 0.3 is 0 Å². The summed E-state index contributed by atoms with van der Waals surface area (Å²) in [6, 6.07) is 6.60. The van der Waals surface area contributed by atoms with Gasteiger partial charge in [0.1, 0.15) is 0 Å². The fourth-order valence-corrected chi connectivity index (χ4v) is 3.65. The van der Waals surface area contributed by atoms with Crippen molar-refractivity contribution in [1.29, 1.82) is 0 Å². The molecule has 0 saturated heterocycles. The summed E-state index contributed by atoms with van der Waals surface area (Å²) in [6.45, 7) is 3.12. The quantitative estimate of drug-likeness (QED) is 0.581. The van der Waals surface area contributed by atoms with E-state index in [4.69, 9.17) is 9.47 Å². The summed E-state index contributed by atoms with van der Waals surface area (Å²) in [6.07, 6.45) is 0. The Morgan fingerprint density at radius 1 is 1.15 bits per heavy atom. The zero-order chi connectivity index (χ0) is 19.8. The lowest BCUT2D eigenvalue weighted by Crippen LogP contribution is -2.41. The maximum Gasteiger partial charge on any atom is 0.271 e. The summed E-state index contributed by atoms with van der Waals surface area (Å²) in [5, 5.41) is 11.0. The van der Waals surface area contributed by atoms with Crippen LogP contribution in [-0.2, 0) is 10.0 Å². The van der Waals surface area contributed by atoms with Gasteiger partial charge in [0.05, 0.1) is 9.82 Å². The van der Waals surface area contributed by atoms with E-state index in [1.807, 2.05) is 4.83 Å². The predicted octanol–water partition coefficient (Wildman–Crippen LogP) is 1.56. The lowest BCUT2D eigenvalue weighted by molar-refractivity contribution is -0.385. The van der Waals surface area contributed by atoms with Gasteiger partial charge in [0.2, 0.25) is 6.79 Å². The molecule has 0 aromatic heterocycles. The first kappa shape index (κ1) is 18.6. The fraction of sp³-hybridized carbons (Fsp3) is 0.188. The topological polar surface area (TPSA) is 137 Å². The summed E-state index contributed by atoms with van der Waals surface area (Å²) in [5.41, 5.74) is 2.64. The van der Waals surface area contributed by atoms with E-state index in [0.717, 1.165) is 6.07 Å². The highest BCUT2D eigenvalue weighted by Gasteiger charge is 2.23. The molecule has 2 aromatic rings. The van der Waals surface area contributed by atoms with Crippen LogP contribution >= 0.6 is 0 Å². The van der Waals surface area contributed by atoms with E-state index in [1.165, 1.54) is 31.2 Å². The SMILES string of the molecule is Cc1cc([N+](=O)[O-])cc(S(=O)(=O)NNC(=O)c2ccc3c(c2)OCO3)c1C. The number of ether oxygens (including phenoxy) is 2. The minimum Gasteiger partial charge on any atom is -0.454 e. The molecule has 0 aliphatic carbocycles. The normalized spacial score (nSPS) is 12.7. The molecule has 1 heterocycles. The molecule has 0 atom stereocenters. The molecule has 142 valence electrons. The molecule has 1 aliphatic rings. The van der Waals surface area contributed by atoms with Gasteiger partial charge in [-0.25, -0.2) is 8.42 Å². The van der Waals surface area contributed by atoms with E-state index in [2.05, 4.69) is 5.43 Å². The number of non-ortho nitro benzene ring substituents is 1. The van der Waals surface area contributed by atoms with E-state index < -0.39 is 20.9 Å². The maximum atomic E-state index is 12.5. The number of sulfonamides is 1. The Labute approximate surface area is 154 Å². The highest BCUT2D eigenvalue weighted by atomic mass is 32.2. The van der Waals surface area contributed by atoms with Crippen molar-refractivity contribution in [2.45, 2.75) is 18.7 Å². The van der Waals surface area contributed by atoms with Crippen LogP contribution in [0.25, 0.3) is 0 Å². The average molecular weight is 393 g/mol. The van der Waals surface area contributed by atoms with Crippen molar-refractivity contribution in [3.05, 3.63) is 57.1 Å². The molecular formula is C16H15N3O7S. The minimum atomic E-state index is -4.23. The fourth-order valence-electron chi connectivity index (χ4n) is 2.47. The summed E-state index contributed by atoms with van der Waals surface area (Å²) in [4.78, 5) is 24.2. The van der Waals surface area contributed by atoms with Crippen LogP contribution in [0, 0.1) is 24.0 Å². The van der Waals surface area contributed by atoms with Crippen molar-refractivity contribution in [3.63, 3.8) is 0 Å². The number of amides is 1. The zero-order valence-electron chi connectivity index (χ0n) is 14.3. The molecule has 2 aromatic carbocycles. The Kier molecular flexibility index (Phi) is 4.72. The molecule has 1 aliphatic heterocycles.